The number of rotatable bonds is 5. The van der Waals surface area contributed by atoms with Gasteiger partial charge in [0.25, 0.3) is 0 Å². The Hall–Kier alpha value is -5.59. The average Bonchev–Trinajstić information content (AvgIpc) is 3.88. The Labute approximate surface area is 340 Å². The third-order valence-electron chi connectivity index (χ3n) is 11.5. The van der Waals surface area contributed by atoms with Gasteiger partial charge in [0, 0.05) is 73.0 Å². The summed E-state index contributed by atoms with van der Waals surface area (Å²) >= 11 is 1.85. The van der Waals surface area contributed by atoms with Crippen molar-refractivity contribution in [2.75, 3.05) is 16.5 Å². The minimum absolute atomic E-state index is 0.00185. The molecule has 0 spiro atoms. The van der Waals surface area contributed by atoms with Gasteiger partial charge in [-0.1, -0.05) is 105 Å². The van der Waals surface area contributed by atoms with E-state index in [1.165, 1.54) is 64.4 Å². The Morgan fingerprint density at radius 1 is 0.614 bits per heavy atom. The smallest absolute Gasteiger partial charge is 0.137 e. The number of nitrogens with zero attached hydrogens (tertiary/aromatic N) is 4. The van der Waals surface area contributed by atoms with Crippen LogP contribution >= 0.6 is 11.3 Å². The largest absolute Gasteiger partial charge is 0.457 e. The van der Waals surface area contributed by atoms with Crippen molar-refractivity contribution < 1.29 is 4.74 Å². The van der Waals surface area contributed by atoms with Gasteiger partial charge >= 0.3 is 0 Å². The van der Waals surface area contributed by atoms with E-state index in [1.807, 2.05) is 23.6 Å². The van der Waals surface area contributed by atoms with Crippen LogP contribution in [0, 0.1) is 6.92 Å². The standard InChI is InChI=1S/C51H52N4OS/c1-32-26-34(50(5,6)7)27-41(51(8,9)10)47(32)54-25-24-53(31-54)35-14-13-15-36(29-35)56-37-18-19-38-39-20-21-44-46(40-16-11-12-17-43(40)57-44)48(39)55(42(38)30-37)45-28-33(22-23-52-45)49(2,3)4/h11-30H,31H2,1-10H3. The van der Waals surface area contributed by atoms with Crippen molar-refractivity contribution >= 4 is 64.7 Å². The number of fused-ring (bicyclic) bond motifs is 7. The molecule has 0 aliphatic carbocycles. The van der Waals surface area contributed by atoms with Gasteiger partial charge in [-0.2, -0.15) is 0 Å². The molecule has 0 atom stereocenters. The molecule has 0 bridgehead atoms. The van der Waals surface area contributed by atoms with Crippen LogP contribution in [0.25, 0.3) is 47.8 Å². The van der Waals surface area contributed by atoms with E-state index in [0.29, 0.717) is 0 Å². The maximum Gasteiger partial charge on any atom is 0.137 e. The molecule has 5 nitrogen and oxygen atoms in total. The molecule has 1 aliphatic heterocycles. The van der Waals surface area contributed by atoms with Crippen molar-refractivity contribution in [3.8, 4) is 17.3 Å². The summed E-state index contributed by atoms with van der Waals surface area (Å²) in [6.45, 7) is 23.6. The lowest BCUT2D eigenvalue weighted by Crippen LogP contribution is -2.28. The van der Waals surface area contributed by atoms with Gasteiger partial charge < -0.3 is 14.5 Å². The summed E-state index contributed by atoms with van der Waals surface area (Å²) in [5.74, 6) is 2.49. The molecule has 0 saturated heterocycles. The van der Waals surface area contributed by atoms with Gasteiger partial charge in [-0.3, -0.25) is 4.57 Å². The molecule has 57 heavy (non-hydrogen) atoms. The van der Waals surface area contributed by atoms with Gasteiger partial charge in [-0.25, -0.2) is 4.98 Å². The SMILES string of the molecule is Cc1cc(C(C)(C)C)cc(C(C)(C)C)c1N1C=CN(c2cccc(Oc3ccc4c5ccc6sc7ccccc7c6c5n(-c5cc(C(C)(C)C)ccn5)c4c3)c2)C1. The third-order valence-corrected chi connectivity index (χ3v) is 12.6. The van der Waals surface area contributed by atoms with E-state index in [0.717, 1.165) is 35.2 Å². The molecule has 3 aromatic heterocycles. The number of aromatic nitrogens is 2. The summed E-state index contributed by atoms with van der Waals surface area (Å²) < 4.78 is 11.7. The van der Waals surface area contributed by atoms with E-state index in [2.05, 4.69) is 193 Å². The summed E-state index contributed by atoms with van der Waals surface area (Å²) in [5, 5.41) is 4.92. The van der Waals surface area contributed by atoms with E-state index in [1.54, 1.807) is 0 Å². The third kappa shape index (κ3) is 6.54. The minimum Gasteiger partial charge on any atom is -0.457 e. The first-order chi connectivity index (χ1) is 27.0. The molecular formula is C51H52N4OS. The highest BCUT2D eigenvalue weighted by Gasteiger charge is 2.28. The molecule has 0 radical (unpaired) electrons. The van der Waals surface area contributed by atoms with Crippen molar-refractivity contribution in [3.63, 3.8) is 0 Å². The second-order valence-corrected chi connectivity index (χ2v) is 19.9. The van der Waals surface area contributed by atoms with E-state index in [9.17, 15) is 0 Å². The highest BCUT2D eigenvalue weighted by atomic mass is 32.1. The predicted molar refractivity (Wildman–Crippen MR) is 244 cm³/mol. The minimum atomic E-state index is -0.0215. The molecule has 0 saturated carbocycles. The van der Waals surface area contributed by atoms with Crippen LogP contribution < -0.4 is 14.5 Å². The summed E-state index contributed by atoms with van der Waals surface area (Å²) in [7, 11) is 0. The average molecular weight is 769 g/mol. The lowest BCUT2D eigenvalue weighted by molar-refractivity contribution is 0.483. The molecule has 0 fully saturated rings. The van der Waals surface area contributed by atoms with Crippen LogP contribution in [0.5, 0.6) is 11.5 Å². The fourth-order valence-corrected chi connectivity index (χ4v) is 9.47. The molecule has 4 heterocycles. The van der Waals surface area contributed by atoms with E-state index in [4.69, 9.17) is 9.72 Å². The van der Waals surface area contributed by atoms with Crippen molar-refractivity contribution in [1.82, 2.24) is 9.55 Å². The maximum atomic E-state index is 6.74. The molecule has 0 N–H and O–H groups in total. The van der Waals surface area contributed by atoms with Gasteiger partial charge in [-0.15, -0.1) is 11.3 Å². The van der Waals surface area contributed by atoms with Crippen molar-refractivity contribution in [3.05, 3.63) is 144 Å². The topological polar surface area (TPSA) is 33.5 Å². The predicted octanol–water partition coefficient (Wildman–Crippen LogP) is 14.3. The van der Waals surface area contributed by atoms with Gasteiger partial charge in [0.05, 0.1) is 17.7 Å². The number of thiophene rings is 1. The first kappa shape index (κ1) is 37.0. The molecule has 0 amide bonds. The first-order valence-electron chi connectivity index (χ1n) is 20.1. The zero-order valence-corrected chi connectivity index (χ0v) is 35.7. The normalized spacial score (nSPS) is 13.9. The molecule has 6 heteroatoms. The van der Waals surface area contributed by atoms with Gasteiger partial charge in [0.2, 0.25) is 0 Å². The molecule has 9 rings (SSSR count). The number of benzene rings is 5. The zero-order valence-electron chi connectivity index (χ0n) is 34.9. The number of aryl methyl sites for hydroxylation is 1. The van der Waals surface area contributed by atoms with Crippen LogP contribution in [-0.4, -0.2) is 16.2 Å². The highest BCUT2D eigenvalue weighted by Crippen LogP contribution is 2.45. The van der Waals surface area contributed by atoms with E-state index < -0.39 is 0 Å². The van der Waals surface area contributed by atoms with Crippen LogP contribution in [0.4, 0.5) is 11.4 Å². The molecule has 8 aromatic rings. The van der Waals surface area contributed by atoms with Crippen LogP contribution in [0.3, 0.4) is 0 Å². The highest BCUT2D eigenvalue weighted by molar-refractivity contribution is 7.26. The first-order valence-corrected chi connectivity index (χ1v) is 20.9. The lowest BCUT2D eigenvalue weighted by atomic mass is 9.78. The number of pyridine rings is 1. The second kappa shape index (κ2) is 13.2. The Kier molecular flexibility index (Phi) is 8.60. The van der Waals surface area contributed by atoms with Gasteiger partial charge in [0.15, 0.2) is 0 Å². The van der Waals surface area contributed by atoms with E-state index >= 15 is 0 Å². The van der Waals surface area contributed by atoms with Crippen molar-refractivity contribution in [2.45, 2.75) is 85.5 Å². The van der Waals surface area contributed by atoms with Crippen molar-refractivity contribution in [2.24, 2.45) is 0 Å². The molecule has 288 valence electrons. The Morgan fingerprint density at radius 2 is 1.35 bits per heavy atom. The number of ether oxygens (including phenoxy) is 1. The monoisotopic (exact) mass is 768 g/mol. The zero-order chi connectivity index (χ0) is 40.0. The Bertz CT molecular complexity index is 2890. The fraction of sp³-hybridized carbons (Fsp3) is 0.275. The quantitative estimate of drug-likeness (QED) is 0.175. The lowest BCUT2D eigenvalue weighted by Gasteiger charge is -2.33. The number of hydrogen-bond donors (Lipinski definition) is 0. The summed E-state index contributed by atoms with van der Waals surface area (Å²) in [4.78, 5) is 9.69. The van der Waals surface area contributed by atoms with Crippen molar-refractivity contribution in [1.29, 1.82) is 0 Å². The molecule has 0 unspecified atom stereocenters. The molecule has 1 aliphatic rings. The van der Waals surface area contributed by atoms with E-state index in [-0.39, 0.29) is 16.2 Å². The summed E-state index contributed by atoms with van der Waals surface area (Å²) in [5.41, 5.74) is 9.98. The van der Waals surface area contributed by atoms with Gasteiger partial charge in [-0.05, 0) is 94.0 Å². The van der Waals surface area contributed by atoms with Crippen LogP contribution in [0.2, 0.25) is 0 Å². The maximum absolute atomic E-state index is 6.74. The molecular weight excluding hydrogens is 717 g/mol. The molecule has 5 aromatic carbocycles. The number of anilines is 2. The Morgan fingerprint density at radius 3 is 2.12 bits per heavy atom. The van der Waals surface area contributed by atoms with Crippen LogP contribution in [0.1, 0.15) is 84.6 Å². The van der Waals surface area contributed by atoms with Crippen LogP contribution in [-0.2, 0) is 16.2 Å². The fourth-order valence-electron chi connectivity index (χ4n) is 8.36. The summed E-state index contributed by atoms with van der Waals surface area (Å²) in [6, 6.07) is 37.4. The second-order valence-electron chi connectivity index (χ2n) is 18.8. The van der Waals surface area contributed by atoms with Crippen LogP contribution in [0.15, 0.2) is 122 Å². The van der Waals surface area contributed by atoms with Gasteiger partial charge in [0.1, 0.15) is 17.3 Å². The number of hydrogen-bond acceptors (Lipinski definition) is 5. The Balaban J connectivity index is 1.09. The summed E-state index contributed by atoms with van der Waals surface area (Å²) in [6.07, 6.45) is 6.34.